The van der Waals surface area contributed by atoms with E-state index in [2.05, 4.69) is 23.4 Å². The second-order valence-corrected chi connectivity index (χ2v) is 9.31. The topological polar surface area (TPSA) is 99.2 Å². The molecule has 0 aromatic rings. The molecule has 0 aromatic heterocycles. The molecule has 1 unspecified atom stereocenters. The second-order valence-electron chi connectivity index (χ2n) is 9.31. The molecule has 2 amide bonds. The predicted octanol–water partition coefficient (Wildman–Crippen LogP) is 3.09. The zero-order valence-electron chi connectivity index (χ0n) is 21.2. The average Bonchev–Trinajstić information content (AvgIpc) is 2.80. The number of amides is 2. The number of carboxylic acid groups (broad SMARTS) is 1. The van der Waals surface area contributed by atoms with Gasteiger partial charge in [0, 0.05) is 38.6 Å². The predicted molar refractivity (Wildman–Crippen MR) is 134 cm³/mol. The van der Waals surface area contributed by atoms with E-state index < -0.39 is 17.9 Å². The Morgan fingerprint density at radius 1 is 1.06 bits per heavy atom. The van der Waals surface area contributed by atoms with E-state index in [-0.39, 0.29) is 24.2 Å². The highest BCUT2D eigenvalue weighted by Gasteiger charge is 2.31. The SMILES string of the molecule is C=CCCCC(CC(=O)O)C(=O)N[C@H](C(=O)N(CCCC=C)CCCN1CCOCC1)C(C)C. The molecular formula is C26H45N3O5. The fourth-order valence-corrected chi connectivity index (χ4v) is 4.10. The lowest BCUT2D eigenvalue weighted by atomic mass is 9.95. The fraction of sp³-hybridized carbons (Fsp3) is 0.731. The van der Waals surface area contributed by atoms with Gasteiger partial charge in [-0.05, 0) is 44.4 Å². The normalized spacial score (nSPS) is 16.0. The van der Waals surface area contributed by atoms with Gasteiger partial charge in [-0.3, -0.25) is 19.3 Å². The van der Waals surface area contributed by atoms with Crippen LogP contribution in [0.25, 0.3) is 0 Å². The van der Waals surface area contributed by atoms with Gasteiger partial charge in [-0.15, -0.1) is 13.2 Å². The molecule has 1 saturated heterocycles. The van der Waals surface area contributed by atoms with E-state index in [1.54, 1.807) is 6.08 Å². The molecule has 0 saturated carbocycles. The van der Waals surface area contributed by atoms with E-state index >= 15 is 0 Å². The van der Waals surface area contributed by atoms with Crippen LogP contribution in [0.15, 0.2) is 25.3 Å². The summed E-state index contributed by atoms with van der Waals surface area (Å²) in [5.41, 5.74) is 0. The molecule has 1 fully saturated rings. The van der Waals surface area contributed by atoms with Crippen molar-refractivity contribution in [2.24, 2.45) is 11.8 Å². The molecule has 1 aliphatic heterocycles. The van der Waals surface area contributed by atoms with Crippen LogP contribution in [0, 0.1) is 11.8 Å². The lowest BCUT2D eigenvalue weighted by Crippen LogP contribution is -2.53. The number of nitrogens with one attached hydrogen (secondary N) is 1. The number of hydrogen-bond donors (Lipinski definition) is 2. The highest BCUT2D eigenvalue weighted by Crippen LogP contribution is 2.16. The average molecular weight is 480 g/mol. The Kier molecular flexibility index (Phi) is 15.2. The summed E-state index contributed by atoms with van der Waals surface area (Å²) in [7, 11) is 0. The fourth-order valence-electron chi connectivity index (χ4n) is 4.10. The Hall–Kier alpha value is -2.19. The van der Waals surface area contributed by atoms with Crippen molar-refractivity contribution in [2.75, 3.05) is 45.9 Å². The van der Waals surface area contributed by atoms with Gasteiger partial charge in [0.1, 0.15) is 6.04 Å². The zero-order chi connectivity index (χ0) is 25.3. The van der Waals surface area contributed by atoms with Gasteiger partial charge in [0.05, 0.1) is 19.6 Å². The second kappa shape index (κ2) is 17.3. The van der Waals surface area contributed by atoms with Crippen molar-refractivity contribution in [3.63, 3.8) is 0 Å². The summed E-state index contributed by atoms with van der Waals surface area (Å²) < 4.78 is 5.40. The molecule has 8 heteroatoms. The van der Waals surface area contributed by atoms with Crippen molar-refractivity contribution in [1.29, 1.82) is 0 Å². The highest BCUT2D eigenvalue weighted by atomic mass is 16.5. The van der Waals surface area contributed by atoms with Crippen molar-refractivity contribution >= 4 is 17.8 Å². The van der Waals surface area contributed by atoms with E-state index in [0.29, 0.717) is 25.9 Å². The van der Waals surface area contributed by atoms with Gasteiger partial charge in [0.15, 0.2) is 0 Å². The molecule has 2 N–H and O–H groups in total. The molecule has 194 valence electrons. The first-order valence-corrected chi connectivity index (χ1v) is 12.6. The number of unbranched alkanes of at least 4 members (excludes halogenated alkanes) is 2. The molecule has 1 heterocycles. The van der Waals surface area contributed by atoms with Crippen LogP contribution in [0.2, 0.25) is 0 Å². The number of ether oxygens (including phenoxy) is 1. The molecule has 1 aliphatic rings. The number of rotatable bonds is 18. The van der Waals surface area contributed by atoms with Gasteiger partial charge >= 0.3 is 5.97 Å². The lowest BCUT2D eigenvalue weighted by Gasteiger charge is -2.32. The van der Waals surface area contributed by atoms with Crippen molar-refractivity contribution in [2.45, 2.75) is 64.8 Å². The van der Waals surface area contributed by atoms with Crippen molar-refractivity contribution in [3.05, 3.63) is 25.3 Å². The largest absolute Gasteiger partial charge is 0.481 e. The van der Waals surface area contributed by atoms with Gasteiger partial charge in [0.25, 0.3) is 0 Å². The minimum absolute atomic E-state index is 0.102. The van der Waals surface area contributed by atoms with Crippen LogP contribution >= 0.6 is 0 Å². The number of carbonyl (C=O) groups is 3. The van der Waals surface area contributed by atoms with Crippen LogP contribution in [0.5, 0.6) is 0 Å². The third kappa shape index (κ3) is 11.8. The van der Waals surface area contributed by atoms with Crippen LogP contribution in [0.3, 0.4) is 0 Å². The van der Waals surface area contributed by atoms with Gasteiger partial charge in [-0.1, -0.05) is 26.0 Å². The van der Waals surface area contributed by atoms with Crippen LogP contribution in [0.4, 0.5) is 0 Å². The molecule has 0 aromatic carbocycles. The molecule has 0 spiro atoms. The summed E-state index contributed by atoms with van der Waals surface area (Å²) in [4.78, 5) is 42.0. The van der Waals surface area contributed by atoms with Gasteiger partial charge < -0.3 is 20.1 Å². The van der Waals surface area contributed by atoms with E-state index in [0.717, 1.165) is 58.5 Å². The molecule has 0 radical (unpaired) electrons. The maximum absolute atomic E-state index is 13.5. The molecule has 34 heavy (non-hydrogen) atoms. The standard InChI is InChI=1S/C26H45N3O5/c1-5-7-9-12-22(20-23(30)31)25(32)27-24(21(3)4)26(33)29(14-10-8-6-2)15-11-13-28-16-18-34-19-17-28/h5-6,21-22,24H,1-2,7-20H2,3-4H3,(H,27,32)(H,30,31)/t22?,24-/m0/s1. The van der Waals surface area contributed by atoms with E-state index in [1.165, 1.54) is 0 Å². The van der Waals surface area contributed by atoms with E-state index in [9.17, 15) is 19.5 Å². The van der Waals surface area contributed by atoms with Crippen LogP contribution in [-0.4, -0.2) is 84.7 Å². The monoisotopic (exact) mass is 479 g/mol. The highest BCUT2D eigenvalue weighted by molar-refractivity contribution is 5.90. The summed E-state index contributed by atoms with van der Waals surface area (Å²) in [6.45, 7) is 16.7. The first-order valence-electron chi connectivity index (χ1n) is 12.6. The van der Waals surface area contributed by atoms with Crippen LogP contribution < -0.4 is 5.32 Å². The maximum atomic E-state index is 13.5. The Morgan fingerprint density at radius 3 is 2.26 bits per heavy atom. The number of aliphatic carboxylic acids is 1. The third-order valence-electron chi connectivity index (χ3n) is 6.14. The molecule has 0 bridgehead atoms. The van der Waals surface area contributed by atoms with Gasteiger partial charge in [-0.25, -0.2) is 0 Å². The van der Waals surface area contributed by atoms with Crippen LogP contribution in [-0.2, 0) is 19.1 Å². The summed E-state index contributed by atoms with van der Waals surface area (Å²) in [5.74, 6) is -2.26. The summed E-state index contributed by atoms with van der Waals surface area (Å²) in [6.07, 6.45) is 7.69. The summed E-state index contributed by atoms with van der Waals surface area (Å²) in [5, 5.41) is 12.2. The first-order chi connectivity index (χ1) is 16.3. The molecule has 8 nitrogen and oxygen atoms in total. The summed E-state index contributed by atoms with van der Waals surface area (Å²) in [6, 6.07) is -0.685. The molecule has 1 rings (SSSR count). The number of morpholine rings is 1. The first kappa shape index (κ1) is 29.8. The molecular weight excluding hydrogens is 434 g/mol. The number of nitrogens with zero attached hydrogens (tertiary/aromatic N) is 2. The smallest absolute Gasteiger partial charge is 0.304 e. The van der Waals surface area contributed by atoms with Crippen molar-refractivity contribution < 1.29 is 24.2 Å². The number of allylic oxidation sites excluding steroid dienone is 2. The Morgan fingerprint density at radius 2 is 1.68 bits per heavy atom. The Labute approximate surface area is 205 Å². The van der Waals surface area contributed by atoms with Crippen molar-refractivity contribution in [1.82, 2.24) is 15.1 Å². The van der Waals surface area contributed by atoms with Gasteiger partial charge in [0.2, 0.25) is 11.8 Å². The minimum Gasteiger partial charge on any atom is -0.481 e. The Bertz CT molecular complexity index is 646. The third-order valence-corrected chi connectivity index (χ3v) is 6.14. The molecule has 2 atom stereocenters. The summed E-state index contributed by atoms with van der Waals surface area (Å²) >= 11 is 0. The maximum Gasteiger partial charge on any atom is 0.304 e. The quantitative estimate of drug-likeness (QED) is 0.232. The van der Waals surface area contributed by atoms with Crippen molar-refractivity contribution in [3.8, 4) is 0 Å². The van der Waals surface area contributed by atoms with E-state index in [1.807, 2.05) is 24.8 Å². The number of hydrogen-bond acceptors (Lipinski definition) is 5. The van der Waals surface area contributed by atoms with Gasteiger partial charge in [-0.2, -0.15) is 0 Å². The number of carbonyl (C=O) groups excluding carboxylic acids is 2. The number of carboxylic acids is 1. The Balaban J connectivity index is 2.83. The minimum atomic E-state index is -1.01. The lowest BCUT2D eigenvalue weighted by molar-refractivity contribution is -0.142. The van der Waals surface area contributed by atoms with Crippen LogP contribution in [0.1, 0.15) is 58.8 Å². The van der Waals surface area contributed by atoms with E-state index in [4.69, 9.17) is 4.74 Å². The zero-order valence-corrected chi connectivity index (χ0v) is 21.2. The molecule has 0 aliphatic carbocycles.